The maximum absolute atomic E-state index is 11.7. The van der Waals surface area contributed by atoms with Gasteiger partial charge in [0.1, 0.15) is 0 Å². The van der Waals surface area contributed by atoms with Crippen molar-refractivity contribution in [3.05, 3.63) is 23.2 Å². The van der Waals surface area contributed by atoms with Gasteiger partial charge < -0.3 is 20.9 Å². The van der Waals surface area contributed by atoms with Crippen molar-refractivity contribution in [1.82, 2.24) is 10.6 Å². The van der Waals surface area contributed by atoms with Crippen molar-refractivity contribution in [2.75, 3.05) is 37.4 Å². The third-order valence-electron chi connectivity index (χ3n) is 2.92. The minimum absolute atomic E-state index is 0.0340. The van der Waals surface area contributed by atoms with E-state index in [1.54, 1.807) is 12.1 Å². The average molecular weight is 327 g/mol. The predicted octanol–water partition coefficient (Wildman–Crippen LogP) is 2.30. The van der Waals surface area contributed by atoms with Gasteiger partial charge >= 0.3 is 6.03 Å². The number of nitrogens with zero attached hydrogens (tertiary/aromatic N) is 1. The van der Waals surface area contributed by atoms with Crippen LogP contribution in [0, 0.1) is 5.92 Å². The highest BCUT2D eigenvalue weighted by molar-refractivity contribution is 6.33. The summed E-state index contributed by atoms with van der Waals surface area (Å²) in [5, 5.41) is 8.64. The molecule has 1 aromatic rings. The number of carbonyl (C=O) groups is 2. The van der Waals surface area contributed by atoms with Gasteiger partial charge in [0.15, 0.2) is 0 Å². The molecule has 0 saturated carbocycles. The molecule has 0 unspecified atom stereocenters. The summed E-state index contributed by atoms with van der Waals surface area (Å²) < 4.78 is 0. The number of hydrogen-bond donors (Lipinski definition) is 3. The molecule has 0 aliphatic rings. The van der Waals surface area contributed by atoms with Crippen LogP contribution in [0.1, 0.15) is 13.8 Å². The maximum Gasteiger partial charge on any atom is 0.319 e. The van der Waals surface area contributed by atoms with Gasteiger partial charge in [0.25, 0.3) is 0 Å². The molecule has 0 atom stereocenters. The fourth-order valence-electron chi connectivity index (χ4n) is 1.69. The fraction of sp³-hybridized carbons (Fsp3) is 0.467. The average Bonchev–Trinajstić information content (AvgIpc) is 2.42. The van der Waals surface area contributed by atoms with Gasteiger partial charge in [0, 0.05) is 38.8 Å². The molecule has 0 spiro atoms. The highest BCUT2D eigenvalue weighted by Crippen LogP contribution is 2.27. The number of halogens is 1. The van der Waals surface area contributed by atoms with Crippen molar-refractivity contribution in [3.8, 4) is 0 Å². The van der Waals surface area contributed by atoms with E-state index in [2.05, 4.69) is 16.0 Å². The first-order valence-corrected chi connectivity index (χ1v) is 7.48. The van der Waals surface area contributed by atoms with Crippen LogP contribution in [0.25, 0.3) is 0 Å². The Morgan fingerprint density at radius 3 is 2.36 bits per heavy atom. The molecule has 122 valence electrons. The van der Waals surface area contributed by atoms with Crippen LogP contribution < -0.4 is 20.9 Å². The zero-order valence-electron chi connectivity index (χ0n) is 13.4. The standard InChI is InChI=1S/C15H23ClN4O2/c1-10(2)14(21)17-7-8-18-15(22)19-11-5-6-13(20(3)4)12(16)9-11/h5-6,9-10H,7-8H2,1-4H3,(H,17,21)(H2,18,19,22). The Kier molecular flexibility index (Phi) is 6.98. The molecule has 0 bridgehead atoms. The van der Waals surface area contributed by atoms with Gasteiger partial charge in [0.05, 0.1) is 10.7 Å². The summed E-state index contributed by atoms with van der Waals surface area (Å²) in [6.45, 7) is 4.38. The number of hydrogen-bond acceptors (Lipinski definition) is 3. The molecule has 6 nitrogen and oxygen atoms in total. The number of amides is 3. The van der Waals surface area contributed by atoms with Gasteiger partial charge in [-0.3, -0.25) is 4.79 Å². The zero-order chi connectivity index (χ0) is 16.7. The maximum atomic E-state index is 11.7. The molecule has 0 aromatic heterocycles. The number of nitrogens with one attached hydrogen (secondary N) is 3. The molecule has 0 radical (unpaired) electrons. The van der Waals surface area contributed by atoms with Gasteiger partial charge in [-0.25, -0.2) is 4.79 Å². The highest BCUT2D eigenvalue weighted by Gasteiger charge is 2.07. The number of anilines is 2. The van der Waals surface area contributed by atoms with E-state index in [4.69, 9.17) is 11.6 Å². The molecule has 22 heavy (non-hydrogen) atoms. The van der Waals surface area contributed by atoms with Crippen molar-refractivity contribution < 1.29 is 9.59 Å². The quantitative estimate of drug-likeness (QED) is 0.702. The SMILES string of the molecule is CC(C)C(=O)NCCNC(=O)Nc1ccc(N(C)C)c(Cl)c1. The summed E-state index contributed by atoms with van der Waals surface area (Å²) >= 11 is 6.14. The van der Waals surface area contributed by atoms with Gasteiger partial charge in [0.2, 0.25) is 5.91 Å². The Balaban J connectivity index is 2.39. The molecule has 3 N–H and O–H groups in total. The van der Waals surface area contributed by atoms with Crippen LogP contribution in [0.4, 0.5) is 16.2 Å². The van der Waals surface area contributed by atoms with E-state index in [0.717, 1.165) is 5.69 Å². The summed E-state index contributed by atoms with van der Waals surface area (Å²) in [5.74, 6) is -0.0977. The second kappa shape index (κ2) is 8.48. The third-order valence-corrected chi connectivity index (χ3v) is 3.22. The number of urea groups is 1. The predicted molar refractivity (Wildman–Crippen MR) is 90.6 cm³/mol. The Hall–Kier alpha value is -1.95. The largest absolute Gasteiger partial charge is 0.376 e. The lowest BCUT2D eigenvalue weighted by Crippen LogP contribution is -2.38. The van der Waals surface area contributed by atoms with Gasteiger partial charge in [-0.2, -0.15) is 0 Å². The summed E-state index contributed by atoms with van der Waals surface area (Å²) in [6, 6.07) is 4.96. The Morgan fingerprint density at radius 2 is 1.82 bits per heavy atom. The summed E-state index contributed by atoms with van der Waals surface area (Å²) in [4.78, 5) is 25.0. The topological polar surface area (TPSA) is 73.5 Å². The van der Waals surface area contributed by atoms with E-state index in [9.17, 15) is 9.59 Å². The van der Waals surface area contributed by atoms with E-state index in [1.165, 1.54) is 0 Å². The first-order valence-electron chi connectivity index (χ1n) is 7.10. The van der Waals surface area contributed by atoms with Crippen LogP contribution in [-0.2, 0) is 4.79 Å². The molecular weight excluding hydrogens is 304 g/mol. The van der Waals surface area contributed by atoms with E-state index < -0.39 is 0 Å². The molecule has 0 aliphatic heterocycles. The molecule has 1 rings (SSSR count). The van der Waals surface area contributed by atoms with Crippen LogP contribution >= 0.6 is 11.6 Å². The fourth-order valence-corrected chi connectivity index (χ4v) is 2.04. The monoisotopic (exact) mass is 326 g/mol. The van der Waals surface area contributed by atoms with Gasteiger partial charge in [-0.15, -0.1) is 0 Å². The number of benzene rings is 1. The minimum atomic E-state index is -0.340. The van der Waals surface area contributed by atoms with E-state index in [-0.39, 0.29) is 17.9 Å². The molecule has 3 amide bonds. The van der Waals surface area contributed by atoms with E-state index in [0.29, 0.717) is 23.8 Å². The lowest BCUT2D eigenvalue weighted by Gasteiger charge is -2.15. The first kappa shape index (κ1) is 18.1. The Labute approximate surface area is 136 Å². The zero-order valence-corrected chi connectivity index (χ0v) is 14.1. The van der Waals surface area contributed by atoms with Crippen molar-refractivity contribution in [3.63, 3.8) is 0 Å². The molecule has 0 fully saturated rings. The minimum Gasteiger partial charge on any atom is -0.376 e. The van der Waals surface area contributed by atoms with Crippen LogP contribution in [0.3, 0.4) is 0 Å². The van der Waals surface area contributed by atoms with Crippen molar-refractivity contribution in [2.45, 2.75) is 13.8 Å². The normalized spacial score (nSPS) is 10.3. The molecular formula is C15H23ClN4O2. The molecule has 0 saturated heterocycles. The van der Waals surface area contributed by atoms with Crippen LogP contribution in [0.2, 0.25) is 5.02 Å². The van der Waals surface area contributed by atoms with Gasteiger partial charge in [-0.1, -0.05) is 25.4 Å². The second-order valence-corrected chi connectivity index (χ2v) is 5.79. The third kappa shape index (κ3) is 5.81. The van der Waals surface area contributed by atoms with Crippen LogP contribution in [0.15, 0.2) is 18.2 Å². The van der Waals surface area contributed by atoms with Crippen LogP contribution in [0.5, 0.6) is 0 Å². The van der Waals surface area contributed by atoms with Crippen molar-refractivity contribution >= 4 is 34.9 Å². The second-order valence-electron chi connectivity index (χ2n) is 5.39. The molecule has 0 aliphatic carbocycles. The van der Waals surface area contributed by atoms with E-state index >= 15 is 0 Å². The molecule has 1 aromatic carbocycles. The number of carbonyl (C=O) groups excluding carboxylic acids is 2. The summed E-state index contributed by atoms with van der Waals surface area (Å²) in [7, 11) is 3.79. The highest BCUT2D eigenvalue weighted by atomic mass is 35.5. The lowest BCUT2D eigenvalue weighted by molar-refractivity contribution is -0.123. The Morgan fingerprint density at radius 1 is 1.18 bits per heavy atom. The van der Waals surface area contributed by atoms with Crippen molar-refractivity contribution in [1.29, 1.82) is 0 Å². The Bertz CT molecular complexity index is 532. The first-order chi connectivity index (χ1) is 10.3. The molecule has 0 heterocycles. The lowest BCUT2D eigenvalue weighted by atomic mass is 10.2. The van der Waals surface area contributed by atoms with Crippen molar-refractivity contribution in [2.24, 2.45) is 5.92 Å². The molecule has 7 heteroatoms. The smallest absolute Gasteiger partial charge is 0.319 e. The van der Waals surface area contributed by atoms with Crippen LogP contribution in [-0.4, -0.2) is 39.1 Å². The van der Waals surface area contributed by atoms with Gasteiger partial charge in [-0.05, 0) is 18.2 Å². The van der Waals surface area contributed by atoms with E-state index in [1.807, 2.05) is 38.9 Å². The number of rotatable bonds is 6. The summed E-state index contributed by atoms with van der Waals surface area (Å²) in [6.07, 6.45) is 0. The summed E-state index contributed by atoms with van der Waals surface area (Å²) in [5.41, 5.74) is 1.49.